The van der Waals surface area contributed by atoms with Crippen molar-refractivity contribution in [3.05, 3.63) is 0 Å². The molecule has 5 nitrogen and oxygen atoms in total. The molecule has 0 aromatic rings. The van der Waals surface area contributed by atoms with Crippen molar-refractivity contribution in [2.45, 2.75) is 90.3 Å². The molecule has 11 atom stereocenters. The average molecular weight is 395 g/mol. The van der Waals surface area contributed by atoms with Gasteiger partial charge in [-0.15, -0.1) is 0 Å². The van der Waals surface area contributed by atoms with Gasteiger partial charge in [-0.25, -0.2) is 0 Å². The van der Waals surface area contributed by atoms with Crippen LogP contribution in [0.4, 0.5) is 0 Å². The highest BCUT2D eigenvalue weighted by molar-refractivity contribution is 5.66. The lowest BCUT2D eigenvalue weighted by Gasteiger charge is -2.47. The molecule has 0 radical (unpaired) electrons. The topological polar surface area (TPSA) is 54.0 Å². The Bertz CT molecular complexity index is 594. The SMILES string of the molecule is COC1CCC2(C)OCC(C)C3CC(C)C(OC(C)=O)C4C(CC1C)OC2C34. The van der Waals surface area contributed by atoms with Gasteiger partial charge in [0.1, 0.15) is 6.10 Å². The van der Waals surface area contributed by atoms with Crippen molar-refractivity contribution < 1.29 is 23.7 Å². The number of hydrogen-bond acceptors (Lipinski definition) is 5. The Morgan fingerprint density at radius 2 is 1.82 bits per heavy atom. The van der Waals surface area contributed by atoms with E-state index in [9.17, 15) is 4.79 Å². The molecule has 3 aliphatic heterocycles. The van der Waals surface area contributed by atoms with Crippen LogP contribution in [-0.4, -0.2) is 49.7 Å². The third-order valence-corrected chi connectivity index (χ3v) is 8.40. The van der Waals surface area contributed by atoms with Crippen LogP contribution in [-0.2, 0) is 23.7 Å². The smallest absolute Gasteiger partial charge is 0.302 e. The second kappa shape index (κ2) is 7.55. The normalized spacial score (nSPS) is 53.5. The molecule has 4 fully saturated rings. The highest BCUT2D eigenvalue weighted by Crippen LogP contribution is 2.57. The van der Waals surface area contributed by atoms with Gasteiger partial charge in [0.25, 0.3) is 0 Å². The van der Waals surface area contributed by atoms with Gasteiger partial charge in [0.15, 0.2) is 0 Å². The van der Waals surface area contributed by atoms with Crippen molar-refractivity contribution >= 4 is 5.97 Å². The number of esters is 1. The third-order valence-electron chi connectivity index (χ3n) is 8.40. The van der Waals surface area contributed by atoms with Gasteiger partial charge in [0.2, 0.25) is 0 Å². The van der Waals surface area contributed by atoms with Crippen LogP contribution in [0, 0.1) is 35.5 Å². The van der Waals surface area contributed by atoms with Crippen LogP contribution in [0.15, 0.2) is 0 Å². The van der Waals surface area contributed by atoms with Gasteiger partial charge in [0.05, 0.1) is 30.5 Å². The maximum Gasteiger partial charge on any atom is 0.302 e. The van der Waals surface area contributed by atoms with Gasteiger partial charge in [-0.3, -0.25) is 4.79 Å². The summed E-state index contributed by atoms with van der Waals surface area (Å²) in [5, 5.41) is 0. The number of rotatable bonds is 2. The minimum Gasteiger partial charge on any atom is -0.462 e. The second-order valence-electron chi connectivity index (χ2n) is 10.3. The molecule has 0 aromatic heterocycles. The first kappa shape index (κ1) is 20.6. The van der Waals surface area contributed by atoms with E-state index in [1.807, 2.05) is 7.11 Å². The Morgan fingerprint density at radius 3 is 2.50 bits per heavy atom. The van der Waals surface area contributed by atoms with Crippen molar-refractivity contribution in [3.8, 4) is 0 Å². The van der Waals surface area contributed by atoms with Crippen molar-refractivity contribution in [3.63, 3.8) is 0 Å². The average Bonchev–Trinajstić information content (AvgIpc) is 2.99. The molecule has 160 valence electrons. The molecule has 11 unspecified atom stereocenters. The van der Waals surface area contributed by atoms with Gasteiger partial charge in [0, 0.05) is 20.0 Å². The summed E-state index contributed by atoms with van der Waals surface area (Å²) in [6, 6.07) is 0. The van der Waals surface area contributed by atoms with E-state index in [0.717, 1.165) is 32.3 Å². The Labute approximate surface area is 169 Å². The van der Waals surface area contributed by atoms with E-state index >= 15 is 0 Å². The van der Waals surface area contributed by atoms with Crippen LogP contribution in [0.1, 0.15) is 60.3 Å². The fraction of sp³-hybridized carbons (Fsp3) is 0.957. The predicted molar refractivity (Wildman–Crippen MR) is 106 cm³/mol. The zero-order valence-electron chi connectivity index (χ0n) is 18.4. The van der Waals surface area contributed by atoms with E-state index in [-0.39, 0.29) is 41.9 Å². The molecule has 0 amide bonds. The molecule has 0 N–H and O–H groups in total. The number of hydrogen-bond donors (Lipinski definition) is 0. The predicted octanol–water partition coefficient (Wildman–Crippen LogP) is 3.83. The molecular weight excluding hydrogens is 356 g/mol. The molecule has 5 heteroatoms. The quantitative estimate of drug-likeness (QED) is 0.666. The number of carbonyl (C=O) groups excluding carboxylic acids is 1. The first-order valence-corrected chi connectivity index (χ1v) is 11.2. The molecule has 4 rings (SSSR count). The maximum absolute atomic E-state index is 11.9. The molecular formula is C23H38O5. The minimum absolute atomic E-state index is 0.0593. The molecule has 0 spiro atoms. The second-order valence-corrected chi connectivity index (χ2v) is 10.3. The van der Waals surface area contributed by atoms with Gasteiger partial charge in [-0.2, -0.15) is 0 Å². The zero-order chi connectivity index (χ0) is 20.2. The van der Waals surface area contributed by atoms with Gasteiger partial charge in [-0.1, -0.05) is 20.8 Å². The summed E-state index contributed by atoms with van der Waals surface area (Å²) in [5.41, 5.74) is -0.303. The summed E-state index contributed by atoms with van der Waals surface area (Å²) in [6.07, 6.45) is 4.32. The molecule has 28 heavy (non-hydrogen) atoms. The van der Waals surface area contributed by atoms with Crippen LogP contribution in [0.3, 0.4) is 0 Å². The van der Waals surface area contributed by atoms with Crippen LogP contribution < -0.4 is 0 Å². The van der Waals surface area contributed by atoms with Crippen LogP contribution in [0.5, 0.6) is 0 Å². The minimum atomic E-state index is -0.303. The summed E-state index contributed by atoms with van der Waals surface area (Å²) in [4.78, 5) is 11.9. The lowest BCUT2D eigenvalue weighted by Crippen LogP contribution is -2.52. The van der Waals surface area contributed by atoms with E-state index in [1.165, 1.54) is 6.92 Å². The molecule has 1 aliphatic carbocycles. The number of ether oxygens (including phenoxy) is 4. The lowest BCUT2D eigenvalue weighted by atomic mass is 9.59. The van der Waals surface area contributed by atoms with E-state index < -0.39 is 0 Å². The van der Waals surface area contributed by atoms with Crippen LogP contribution >= 0.6 is 0 Å². The maximum atomic E-state index is 11.9. The fourth-order valence-electron chi connectivity index (χ4n) is 6.95. The Balaban J connectivity index is 1.77. The fourth-order valence-corrected chi connectivity index (χ4v) is 6.95. The van der Waals surface area contributed by atoms with E-state index in [4.69, 9.17) is 18.9 Å². The summed E-state index contributed by atoms with van der Waals surface area (Å²) in [7, 11) is 1.82. The van der Waals surface area contributed by atoms with Gasteiger partial charge < -0.3 is 18.9 Å². The van der Waals surface area contributed by atoms with Crippen molar-refractivity contribution in [2.75, 3.05) is 13.7 Å². The summed E-state index contributed by atoms with van der Waals surface area (Å²) >= 11 is 0. The first-order valence-electron chi connectivity index (χ1n) is 11.2. The monoisotopic (exact) mass is 394 g/mol. The van der Waals surface area contributed by atoms with Gasteiger partial charge in [-0.05, 0) is 62.2 Å². The molecule has 0 aromatic carbocycles. The standard InChI is InChI=1S/C23H38O5/c1-12-10-18-20-19-16(9-13(2)21(20)27-15(4)24)14(3)11-26-23(5,22(19)28-18)8-7-17(12)25-6/h12-14,16-22H,7-11H2,1-6H3. The zero-order valence-corrected chi connectivity index (χ0v) is 18.4. The highest BCUT2D eigenvalue weighted by Gasteiger charge is 2.63. The Kier molecular flexibility index (Phi) is 5.56. The number of carbonyl (C=O) groups is 1. The number of fused-ring (bicyclic) bond motifs is 2. The van der Waals surface area contributed by atoms with E-state index in [1.54, 1.807) is 0 Å². The molecule has 2 bridgehead atoms. The molecule has 3 saturated heterocycles. The lowest BCUT2D eigenvalue weighted by molar-refractivity contribution is -0.160. The van der Waals surface area contributed by atoms with E-state index in [2.05, 4.69) is 27.7 Å². The molecule has 4 aliphatic rings. The number of methoxy groups -OCH3 is 1. The van der Waals surface area contributed by atoms with Gasteiger partial charge >= 0.3 is 5.97 Å². The third kappa shape index (κ3) is 3.31. The van der Waals surface area contributed by atoms with Crippen LogP contribution in [0.25, 0.3) is 0 Å². The highest BCUT2D eigenvalue weighted by atomic mass is 16.6. The van der Waals surface area contributed by atoms with Crippen molar-refractivity contribution in [1.29, 1.82) is 0 Å². The largest absolute Gasteiger partial charge is 0.462 e. The summed E-state index contributed by atoms with van der Waals surface area (Å²) in [6.45, 7) is 11.4. The first-order chi connectivity index (χ1) is 13.2. The van der Waals surface area contributed by atoms with Crippen LogP contribution in [0.2, 0.25) is 0 Å². The van der Waals surface area contributed by atoms with Crippen molar-refractivity contribution in [1.82, 2.24) is 0 Å². The molecule has 3 heterocycles. The summed E-state index contributed by atoms with van der Waals surface area (Å²) in [5.74, 6) is 2.30. The molecule has 1 saturated carbocycles. The Hall–Kier alpha value is -0.650. The van der Waals surface area contributed by atoms with E-state index in [0.29, 0.717) is 29.6 Å². The Morgan fingerprint density at radius 1 is 1.07 bits per heavy atom. The van der Waals surface area contributed by atoms with Crippen molar-refractivity contribution in [2.24, 2.45) is 35.5 Å². The summed E-state index contributed by atoms with van der Waals surface area (Å²) < 4.78 is 25.3.